The van der Waals surface area contributed by atoms with Crippen molar-refractivity contribution in [1.29, 1.82) is 0 Å². The van der Waals surface area contributed by atoms with Gasteiger partial charge in [-0.3, -0.25) is 0 Å². The second-order valence-corrected chi connectivity index (χ2v) is 5.36. The third-order valence-corrected chi connectivity index (χ3v) is 3.73. The predicted molar refractivity (Wildman–Crippen MR) is 91.6 cm³/mol. The number of hydrogen-bond acceptors (Lipinski definition) is 2. The molecule has 0 radical (unpaired) electrons. The molecule has 4 heteroatoms. The quantitative estimate of drug-likeness (QED) is 0.768. The lowest BCUT2D eigenvalue weighted by Crippen LogP contribution is -2.03. The molecule has 116 valence electrons. The van der Waals surface area contributed by atoms with Gasteiger partial charge in [0.1, 0.15) is 5.82 Å². The summed E-state index contributed by atoms with van der Waals surface area (Å²) in [4.78, 5) is 15.6. The number of fused-ring (bicyclic) bond motifs is 1. The Balaban J connectivity index is 2.00. The minimum atomic E-state index is -0.906. The Kier molecular flexibility index (Phi) is 4.24. The van der Waals surface area contributed by atoms with Crippen LogP contribution in [-0.4, -0.2) is 20.6 Å². The van der Waals surface area contributed by atoms with Gasteiger partial charge in [-0.1, -0.05) is 37.3 Å². The molecule has 1 heterocycles. The molecule has 0 bridgehead atoms. The third kappa shape index (κ3) is 3.16. The van der Waals surface area contributed by atoms with Gasteiger partial charge in [-0.15, -0.1) is 0 Å². The number of benzene rings is 2. The van der Waals surface area contributed by atoms with Crippen molar-refractivity contribution in [1.82, 2.24) is 9.55 Å². The second kappa shape index (κ2) is 6.48. The molecule has 0 saturated heterocycles. The maximum absolute atomic E-state index is 11.0. The van der Waals surface area contributed by atoms with Crippen molar-refractivity contribution in [3.05, 3.63) is 71.6 Å². The molecule has 1 aromatic heterocycles. The first-order valence-corrected chi connectivity index (χ1v) is 7.63. The van der Waals surface area contributed by atoms with Crippen molar-refractivity contribution in [2.75, 3.05) is 0 Å². The predicted octanol–water partition coefficient (Wildman–Crippen LogP) is 4.21. The molecule has 0 spiro atoms. The number of aromatic nitrogens is 2. The second-order valence-electron chi connectivity index (χ2n) is 5.36. The highest BCUT2D eigenvalue weighted by atomic mass is 16.4. The van der Waals surface area contributed by atoms with Crippen molar-refractivity contribution in [3.63, 3.8) is 0 Å². The minimum absolute atomic E-state index is 0.301. The summed E-state index contributed by atoms with van der Waals surface area (Å²) in [5.74, 6) is 0.00607. The Hall–Kier alpha value is -2.88. The van der Waals surface area contributed by atoms with Gasteiger partial charge in [0.15, 0.2) is 0 Å². The Morgan fingerprint density at radius 1 is 1.17 bits per heavy atom. The van der Waals surface area contributed by atoms with Crippen LogP contribution in [-0.2, 0) is 6.54 Å². The molecule has 0 fully saturated rings. The van der Waals surface area contributed by atoms with E-state index in [1.165, 1.54) is 0 Å². The normalized spacial score (nSPS) is 11.3. The first-order valence-electron chi connectivity index (χ1n) is 7.63. The molecule has 0 aliphatic heterocycles. The van der Waals surface area contributed by atoms with Gasteiger partial charge >= 0.3 is 5.97 Å². The maximum Gasteiger partial charge on any atom is 0.335 e. The number of para-hydroxylation sites is 2. The van der Waals surface area contributed by atoms with E-state index >= 15 is 0 Å². The molecule has 0 aliphatic rings. The van der Waals surface area contributed by atoms with Crippen LogP contribution in [0.15, 0.2) is 54.6 Å². The van der Waals surface area contributed by atoms with Crippen LogP contribution in [0.4, 0.5) is 0 Å². The fourth-order valence-corrected chi connectivity index (χ4v) is 2.55. The number of rotatable bonds is 5. The van der Waals surface area contributed by atoms with Crippen LogP contribution in [0.3, 0.4) is 0 Å². The zero-order valence-electron chi connectivity index (χ0n) is 12.9. The van der Waals surface area contributed by atoms with E-state index in [0.717, 1.165) is 28.8 Å². The standard InChI is InChI=1S/C19H18N2O2/c1-2-3-8-18-20-16-6-4-5-7-17(16)21(18)13-14-9-11-15(12-10-14)19(22)23/h3-12H,2,13H2,1H3,(H,22,23). The fraction of sp³-hybridized carbons (Fsp3) is 0.158. The van der Waals surface area contributed by atoms with E-state index < -0.39 is 5.97 Å². The monoisotopic (exact) mass is 306 g/mol. The van der Waals surface area contributed by atoms with Crippen LogP contribution >= 0.6 is 0 Å². The third-order valence-electron chi connectivity index (χ3n) is 3.73. The summed E-state index contributed by atoms with van der Waals surface area (Å²) in [5, 5.41) is 8.99. The van der Waals surface area contributed by atoms with Gasteiger partial charge < -0.3 is 9.67 Å². The fourth-order valence-electron chi connectivity index (χ4n) is 2.55. The zero-order chi connectivity index (χ0) is 16.2. The van der Waals surface area contributed by atoms with Crippen molar-refractivity contribution in [2.45, 2.75) is 19.9 Å². The first-order chi connectivity index (χ1) is 11.2. The lowest BCUT2D eigenvalue weighted by atomic mass is 10.1. The number of hydrogen-bond donors (Lipinski definition) is 1. The van der Waals surface area contributed by atoms with Crippen molar-refractivity contribution >= 4 is 23.1 Å². The highest BCUT2D eigenvalue weighted by Gasteiger charge is 2.09. The van der Waals surface area contributed by atoms with E-state index in [4.69, 9.17) is 5.11 Å². The van der Waals surface area contributed by atoms with E-state index in [1.807, 2.05) is 36.4 Å². The number of imidazole rings is 1. The van der Waals surface area contributed by atoms with Crippen molar-refractivity contribution < 1.29 is 9.90 Å². The summed E-state index contributed by atoms with van der Waals surface area (Å²) in [6, 6.07) is 15.0. The van der Waals surface area contributed by atoms with E-state index in [1.54, 1.807) is 12.1 Å². The number of nitrogens with zero attached hydrogens (tertiary/aromatic N) is 2. The average molecular weight is 306 g/mol. The molecule has 0 atom stereocenters. The Morgan fingerprint density at radius 3 is 2.61 bits per heavy atom. The van der Waals surface area contributed by atoms with Crippen LogP contribution < -0.4 is 0 Å². The molecule has 0 amide bonds. The van der Waals surface area contributed by atoms with Crippen LogP contribution in [0.2, 0.25) is 0 Å². The molecule has 23 heavy (non-hydrogen) atoms. The first kappa shape index (κ1) is 15.0. The minimum Gasteiger partial charge on any atom is -0.478 e. The molecular weight excluding hydrogens is 288 g/mol. The van der Waals surface area contributed by atoms with Crippen LogP contribution in [0.5, 0.6) is 0 Å². The number of carbonyl (C=O) groups is 1. The summed E-state index contributed by atoms with van der Waals surface area (Å²) >= 11 is 0. The summed E-state index contributed by atoms with van der Waals surface area (Å²) in [6.07, 6.45) is 5.08. The Morgan fingerprint density at radius 2 is 1.91 bits per heavy atom. The van der Waals surface area contributed by atoms with Gasteiger partial charge in [0.2, 0.25) is 0 Å². The Bertz CT molecular complexity index is 861. The van der Waals surface area contributed by atoms with Gasteiger partial charge in [0.05, 0.1) is 16.6 Å². The van der Waals surface area contributed by atoms with E-state index in [2.05, 4.69) is 28.6 Å². The molecule has 0 aliphatic carbocycles. The van der Waals surface area contributed by atoms with Crippen LogP contribution in [0, 0.1) is 0 Å². The number of carboxylic acids is 1. The van der Waals surface area contributed by atoms with Crippen LogP contribution in [0.25, 0.3) is 17.1 Å². The van der Waals surface area contributed by atoms with Gasteiger partial charge in [-0.25, -0.2) is 9.78 Å². The molecule has 1 N–H and O–H groups in total. The van der Waals surface area contributed by atoms with Gasteiger partial charge in [0, 0.05) is 6.54 Å². The molecule has 3 aromatic rings. The topological polar surface area (TPSA) is 55.1 Å². The maximum atomic E-state index is 11.0. The summed E-state index contributed by atoms with van der Waals surface area (Å²) in [5.41, 5.74) is 3.38. The largest absolute Gasteiger partial charge is 0.478 e. The molecule has 2 aromatic carbocycles. The average Bonchev–Trinajstić information content (AvgIpc) is 2.91. The van der Waals surface area contributed by atoms with E-state index in [-0.39, 0.29) is 0 Å². The number of allylic oxidation sites excluding steroid dienone is 1. The van der Waals surface area contributed by atoms with E-state index in [0.29, 0.717) is 12.1 Å². The van der Waals surface area contributed by atoms with Crippen molar-refractivity contribution in [3.8, 4) is 0 Å². The molecular formula is C19H18N2O2. The highest BCUT2D eigenvalue weighted by Crippen LogP contribution is 2.19. The smallest absolute Gasteiger partial charge is 0.335 e. The molecule has 3 rings (SSSR count). The lowest BCUT2D eigenvalue weighted by Gasteiger charge is -2.08. The van der Waals surface area contributed by atoms with Gasteiger partial charge in [-0.05, 0) is 42.3 Å². The zero-order valence-corrected chi connectivity index (χ0v) is 12.9. The highest BCUT2D eigenvalue weighted by molar-refractivity contribution is 5.87. The Labute approximate surface area is 134 Å². The van der Waals surface area contributed by atoms with E-state index in [9.17, 15) is 4.79 Å². The molecule has 4 nitrogen and oxygen atoms in total. The molecule has 0 unspecified atom stereocenters. The van der Waals surface area contributed by atoms with Gasteiger partial charge in [0.25, 0.3) is 0 Å². The number of aromatic carboxylic acids is 1. The lowest BCUT2D eigenvalue weighted by molar-refractivity contribution is 0.0697. The van der Waals surface area contributed by atoms with Crippen molar-refractivity contribution in [2.24, 2.45) is 0 Å². The molecule has 0 saturated carbocycles. The summed E-state index contributed by atoms with van der Waals surface area (Å²) in [7, 11) is 0. The van der Waals surface area contributed by atoms with Crippen LogP contribution in [0.1, 0.15) is 35.1 Å². The summed E-state index contributed by atoms with van der Waals surface area (Å²) in [6.45, 7) is 2.75. The van der Waals surface area contributed by atoms with Gasteiger partial charge in [-0.2, -0.15) is 0 Å². The number of carboxylic acid groups (broad SMARTS) is 1. The SMILES string of the molecule is CCC=Cc1nc2ccccc2n1Cc1ccc(C(=O)O)cc1. The summed E-state index contributed by atoms with van der Waals surface area (Å²) < 4.78 is 2.15.